The van der Waals surface area contributed by atoms with Crippen LogP contribution in [-0.2, 0) is 4.79 Å². The van der Waals surface area contributed by atoms with Crippen LogP contribution < -0.4 is 10.6 Å². The van der Waals surface area contributed by atoms with Crippen LogP contribution in [0.3, 0.4) is 0 Å². The van der Waals surface area contributed by atoms with E-state index in [1.54, 1.807) is 0 Å². The second kappa shape index (κ2) is 10.2. The fourth-order valence-electron chi connectivity index (χ4n) is 1.26. The molecule has 8 heteroatoms. The Morgan fingerprint density at radius 1 is 1.15 bits per heavy atom. The van der Waals surface area contributed by atoms with Crippen molar-refractivity contribution in [3.63, 3.8) is 0 Å². The van der Waals surface area contributed by atoms with Crippen LogP contribution in [0.15, 0.2) is 24.2 Å². The average Bonchev–Trinajstić information content (AvgIpc) is 2.47. The Balaban J connectivity index is 3.91. The molecule has 20 heavy (non-hydrogen) atoms. The predicted molar refractivity (Wildman–Crippen MR) is 72.1 cm³/mol. The third-order valence-corrected chi connectivity index (χ3v) is 2.42. The van der Waals surface area contributed by atoms with Crippen LogP contribution in [0.2, 0.25) is 0 Å². The number of hydrogen-bond acceptors (Lipinski definition) is 7. The molecule has 0 aliphatic heterocycles. The minimum atomic E-state index is -1.63. The second-order valence-corrected chi connectivity index (χ2v) is 4.04. The highest BCUT2D eigenvalue weighted by Crippen LogP contribution is 2.07. The van der Waals surface area contributed by atoms with Crippen molar-refractivity contribution in [2.75, 3.05) is 26.2 Å². The Morgan fingerprint density at radius 3 is 2.30 bits per heavy atom. The summed E-state index contributed by atoms with van der Waals surface area (Å²) in [5.41, 5.74) is 0. The normalized spacial score (nSPS) is 15.2. The van der Waals surface area contributed by atoms with E-state index in [4.69, 9.17) is 10.2 Å². The SMILES string of the molecule is C=CC(=O)NCCCNCC(O)/C(O)=C(\O)C(O)CO. The average molecular weight is 290 g/mol. The van der Waals surface area contributed by atoms with Crippen molar-refractivity contribution < 1.29 is 30.3 Å². The lowest BCUT2D eigenvalue weighted by Gasteiger charge is -2.15. The molecule has 0 aromatic heterocycles. The molecule has 0 radical (unpaired) electrons. The van der Waals surface area contributed by atoms with Gasteiger partial charge in [-0.1, -0.05) is 6.58 Å². The number of nitrogens with one attached hydrogen (secondary N) is 2. The van der Waals surface area contributed by atoms with Gasteiger partial charge in [0.1, 0.15) is 12.2 Å². The van der Waals surface area contributed by atoms with Gasteiger partial charge in [-0.3, -0.25) is 4.79 Å². The minimum absolute atomic E-state index is 0.0521. The molecule has 116 valence electrons. The predicted octanol–water partition coefficient (Wildman–Crippen LogP) is -1.69. The number of carbonyl (C=O) groups is 1. The molecule has 0 rings (SSSR count). The zero-order chi connectivity index (χ0) is 15.5. The summed E-state index contributed by atoms with van der Waals surface area (Å²) in [5, 5.41) is 51.2. The summed E-state index contributed by atoms with van der Waals surface area (Å²) in [5.74, 6) is -1.92. The van der Waals surface area contributed by atoms with Crippen molar-refractivity contribution >= 4 is 5.91 Å². The van der Waals surface area contributed by atoms with Crippen LogP contribution in [0, 0.1) is 0 Å². The topological polar surface area (TPSA) is 142 Å². The molecule has 2 unspecified atom stereocenters. The van der Waals surface area contributed by atoms with Crippen LogP contribution in [-0.4, -0.2) is 69.9 Å². The van der Waals surface area contributed by atoms with Gasteiger partial charge in [0, 0.05) is 13.1 Å². The van der Waals surface area contributed by atoms with Crippen LogP contribution in [0.5, 0.6) is 0 Å². The largest absolute Gasteiger partial charge is 0.506 e. The fraction of sp³-hybridized carbons (Fsp3) is 0.583. The summed E-state index contributed by atoms with van der Waals surface area (Å²) in [6.45, 7) is 3.38. The summed E-state index contributed by atoms with van der Waals surface area (Å²) >= 11 is 0. The number of amides is 1. The number of aliphatic hydroxyl groups is 5. The zero-order valence-electron chi connectivity index (χ0n) is 11.1. The van der Waals surface area contributed by atoms with E-state index in [-0.39, 0.29) is 12.5 Å². The maximum absolute atomic E-state index is 10.8. The molecule has 0 fully saturated rings. The first-order chi connectivity index (χ1) is 9.43. The van der Waals surface area contributed by atoms with E-state index in [0.29, 0.717) is 19.5 Å². The second-order valence-electron chi connectivity index (χ2n) is 4.04. The van der Waals surface area contributed by atoms with Gasteiger partial charge in [-0.2, -0.15) is 0 Å². The van der Waals surface area contributed by atoms with Gasteiger partial charge in [0.05, 0.1) is 6.61 Å². The maximum atomic E-state index is 10.8. The van der Waals surface area contributed by atoms with Gasteiger partial charge in [0.15, 0.2) is 11.5 Å². The molecule has 0 saturated carbocycles. The van der Waals surface area contributed by atoms with E-state index >= 15 is 0 Å². The Kier molecular flexibility index (Phi) is 9.39. The number of carbonyl (C=O) groups excluding carboxylic acids is 1. The van der Waals surface area contributed by atoms with E-state index in [1.165, 1.54) is 0 Å². The highest BCUT2D eigenvalue weighted by atomic mass is 16.4. The van der Waals surface area contributed by atoms with E-state index < -0.39 is 30.3 Å². The van der Waals surface area contributed by atoms with Gasteiger partial charge in [-0.15, -0.1) is 0 Å². The number of hydrogen-bond donors (Lipinski definition) is 7. The Labute approximate surface area is 117 Å². The molecule has 0 aliphatic rings. The monoisotopic (exact) mass is 290 g/mol. The van der Waals surface area contributed by atoms with Gasteiger partial charge in [-0.05, 0) is 19.0 Å². The Bertz CT molecular complexity index is 345. The molecule has 0 spiro atoms. The summed E-state index contributed by atoms with van der Waals surface area (Å²) in [4.78, 5) is 10.8. The molecule has 8 nitrogen and oxygen atoms in total. The minimum Gasteiger partial charge on any atom is -0.506 e. The van der Waals surface area contributed by atoms with Crippen LogP contribution in [0.1, 0.15) is 6.42 Å². The van der Waals surface area contributed by atoms with E-state index in [2.05, 4.69) is 17.2 Å². The fourth-order valence-corrected chi connectivity index (χ4v) is 1.26. The molecule has 1 amide bonds. The summed E-state index contributed by atoms with van der Waals surface area (Å²) < 4.78 is 0. The van der Waals surface area contributed by atoms with Gasteiger partial charge in [-0.25, -0.2) is 0 Å². The molecule has 0 heterocycles. The van der Waals surface area contributed by atoms with Gasteiger partial charge in [0.2, 0.25) is 5.91 Å². The molecule has 0 aromatic carbocycles. The van der Waals surface area contributed by atoms with Gasteiger partial charge in [0.25, 0.3) is 0 Å². The molecule has 0 saturated heterocycles. The van der Waals surface area contributed by atoms with Crippen LogP contribution in [0.4, 0.5) is 0 Å². The lowest BCUT2D eigenvalue weighted by Crippen LogP contribution is -2.33. The van der Waals surface area contributed by atoms with E-state index in [1.807, 2.05) is 0 Å². The summed E-state index contributed by atoms with van der Waals surface area (Å²) in [6.07, 6.45) is -1.27. The lowest BCUT2D eigenvalue weighted by atomic mass is 10.2. The first kappa shape index (κ1) is 18.4. The lowest BCUT2D eigenvalue weighted by molar-refractivity contribution is -0.116. The van der Waals surface area contributed by atoms with Crippen molar-refractivity contribution in [3.05, 3.63) is 24.2 Å². The smallest absolute Gasteiger partial charge is 0.243 e. The van der Waals surface area contributed by atoms with Gasteiger partial charge < -0.3 is 36.2 Å². The Morgan fingerprint density at radius 2 is 1.75 bits per heavy atom. The summed E-state index contributed by atoms with van der Waals surface area (Å²) in [7, 11) is 0. The van der Waals surface area contributed by atoms with Crippen molar-refractivity contribution in [1.29, 1.82) is 0 Å². The molecule has 7 N–H and O–H groups in total. The van der Waals surface area contributed by atoms with E-state index in [0.717, 1.165) is 6.08 Å². The highest BCUT2D eigenvalue weighted by Gasteiger charge is 2.19. The number of aliphatic hydroxyl groups excluding tert-OH is 5. The highest BCUT2D eigenvalue weighted by molar-refractivity contribution is 5.86. The molecular formula is C12H22N2O6. The first-order valence-corrected chi connectivity index (χ1v) is 6.14. The Hall–Kier alpha value is -1.61. The number of rotatable bonds is 10. The van der Waals surface area contributed by atoms with E-state index in [9.17, 15) is 20.1 Å². The molecule has 2 atom stereocenters. The standard InChI is InChI=1S/C12H22N2O6/c1-2-10(18)14-5-3-4-13-6-8(16)11(19)12(20)9(17)7-15/h2,8-9,13,15-17,19-20H,1,3-7H2,(H,14,18)/b12-11+. The molecular weight excluding hydrogens is 268 g/mol. The molecule has 0 aliphatic carbocycles. The van der Waals surface area contributed by atoms with Crippen molar-refractivity contribution in [2.24, 2.45) is 0 Å². The van der Waals surface area contributed by atoms with Crippen molar-refractivity contribution in [1.82, 2.24) is 10.6 Å². The third-order valence-electron chi connectivity index (χ3n) is 2.42. The van der Waals surface area contributed by atoms with Gasteiger partial charge >= 0.3 is 0 Å². The van der Waals surface area contributed by atoms with Crippen LogP contribution >= 0.6 is 0 Å². The molecule has 0 bridgehead atoms. The van der Waals surface area contributed by atoms with Crippen LogP contribution in [0.25, 0.3) is 0 Å². The third kappa shape index (κ3) is 7.10. The molecule has 0 aromatic rings. The quantitative estimate of drug-likeness (QED) is 0.144. The van der Waals surface area contributed by atoms with Crippen molar-refractivity contribution in [3.8, 4) is 0 Å². The maximum Gasteiger partial charge on any atom is 0.243 e. The first-order valence-electron chi connectivity index (χ1n) is 6.14. The van der Waals surface area contributed by atoms with Crippen molar-refractivity contribution in [2.45, 2.75) is 18.6 Å². The zero-order valence-corrected chi connectivity index (χ0v) is 11.1. The summed E-state index contributed by atoms with van der Waals surface area (Å²) in [6, 6.07) is 0.